The first-order chi connectivity index (χ1) is 15.4. The van der Waals surface area contributed by atoms with Gasteiger partial charge in [0.25, 0.3) is 0 Å². The maximum Gasteiger partial charge on any atom is 0.340 e. The number of phenols is 2. The molecule has 1 aliphatic rings. The first kappa shape index (κ1) is 23.3. The zero-order chi connectivity index (χ0) is 24.4. The van der Waals surface area contributed by atoms with Gasteiger partial charge < -0.3 is 20.1 Å². The van der Waals surface area contributed by atoms with Gasteiger partial charge in [0.2, 0.25) is 0 Å². The summed E-state index contributed by atoms with van der Waals surface area (Å²) in [6.45, 7) is 7.10. The molecule has 0 unspecified atom stereocenters. The molecule has 3 aromatic carbocycles. The molecule has 0 saturated heterocycles. The number of esters is 1. The number of aromatic carboxylic acids is 1. The molecule has 0 bridgehead atoms. The van der Waals surface area contributed by atoms with Crippen LogP contribution < -0.4 is 0 Å². The molecular weight excluding hydrogens is 556 g/mol. The van der Waals surface area contributed by atoms with E-state index in [4.69, 9.17) is 4.74 Å². The fourth-order valence-electron chi connectivity index (χ4n) is 4.30. The van der Waals surface area contributed by atoms with Crippen LogP contribution in [0.3, 0.4) is 0 Å². The monoisotopic (exact) mass is 574 g/mol. The van der Waals surface area contributed by atoms with Gasteiger partial charge in [-0.3, -0.25) is 0 Å². The highest BCUT2D eigenvalue weighted by Gasteiger charge is 2.53. The van der Waals surface area contributed by atoms with Crippen LogP contribution in [0.25, 0.3) is 0 Å². The Morgan fingerprint density at radius 1 is 0.909 bits per heavy atom. The van der Waals surface area contributed by atoms with E-state index >= 15 is 0 Å². The van der Waals surface area contributed by atoms with E-state index in [1.165, 1.54) is 18.2 Å². The number of benzene rings is 3. The van der Waals surface area contributed by atoms with Crippen LogP contribution in [0, 0.1) is 27.7 Å². The highest BCUT2D eigenvalue weighted by Crippen LogP contribution is 2.55. The quantitative estimate of drug-likeness (QED) is 0.330. The minimum Gasteiger partial charge on any atom is -0.506 e. The molecule has 8 heteroatoms. The second kappa shape index (κ2) is 7.88. The highest BCUT2D eigenvalue weighted by molar-refractivity contribution is 9.11. The van der Waals surface area contributed by atoms with Gasteiger partial charge in [-0.15, -0.1) is 0 Å². The Morgan fingerprint density at radius 3 is 1.85 bits per heavy atom. The SMILES string of the molecule is Cc1cc(C2(c3cc(C)c(C)c(O)c3Br)OC(=O)c3cccc(C(=O)O)c32)c(Br)c(O)c1C. The Bertz CT molecular complexity index is 1310. The van der Waals surface area contributed by atoms with Crippen molar-refractivity contribution in [3.8, 4) is 11.5 Å². The smallest absolute Gasteiger partial charge is 0.340 e. The number of carbonyl (C=O) groups excluding carboxylic acids is 1. The van der Waals surface area contributed by atoms with Crippen LogP contribution in [0.15, 0.2) is 39.3 Å². The first-order valence-corrected chi connectivity index (χ1v) is 11.6. The number of carboxylic acid groups (broad SMARTS) is 1. The number of cyclic esters (lactones) is 1. The van der Waals surface area contributed by atoms with Crippen LogP contribution in [0.2, 0.25) is 0 Å². The van der Waals surface area contributed by atoms with Crippen molar-refractivity contribution in [2.45, 2.75) is 33.3 Å². The van der Waals surface area contributed by atoms with Gasteiger partial charge in [0.15, 0.2) is 5.60 Å². The number of carbonyl (C=O) groups is 2. The number of hydrogen-bond acceptors (Lipinski definition) is 5. The third kappa shape index (κ3) is 3.19. The number of rotatable bonds is 3. The van der Waals surface area contributed by atoms with E-state index in [-0.39, 0.29) is 37.1 Å². The van der Waals surface area contributed by atoms with Crippen molar-refractivity contribution < 1.29 is 29.6 Å². The fraction of sp³-hybridized carbons (Fsp3) is 0.200. The van der Waals surface area contributed by atoms with Crippen LogP contribution in [0.4, 0.5) is 0 Å². The van der Waals surface area contributed by atoms with Crippen molar-refractivity contribution >= 4 is 43.8 Å². The van der Waals surface area contributed by atoms with Crippen molar-refractivity contribution in [2.24, 2.45) is 0 Å². The Morgan fingerprint density at radius 2 is 1.39 bits per heavy atom. The molecule has 0 aliphatic carbocycles. The molecule has 3 aromatic rings. The lowest BCUT2D eigenvalue weighted by Gasteiger charge is -2.34. The van der Waals surface area contributed by atoms with Crippen LogP contribution in [0.5, 0.6) is 11.5 Å². The summed E-state index contributed by atoms with van der Waals surface area (Å²) < 4.78 is 6.58. The molecule has 0 saturated carbocycles. The number of phenolic OH excluding ortho intramolecular Hbond substituents is 2. The lowest BCUT2D eigenvalue weighted by Crippen LogP contribution is -2.32. The minimum absolute atomic E-state index is 0.0501. The standard InChI is InChI=1S/C25H20Br2O6/c1-10-8-16(19(26)21(28)12(10)3)25(17-9-11(2)13(4)22(29)20(17)27)18-14(23(30)31)6-5-7-15(18)24(32)33-25/h5-9,28-29H,1-4H3,(H,30,31). The Kier molecular flexibility index (Phi) is 5.57. The highest BCUT2D eigenvalue weighted by atomic mass is 79.9. The minimum atomic E-state index is -1.76. The van der Waals surface area contributed by atoms with Gasteiger partial charge in [0, 0.05) is 16.7 Å². The van der Waals surface area contributed by atoms with Gasteiger partial charge in [0.05, 0.1) is 20.1 Å². The van der Waals surface area contributed by atoms with E-state index in [0.717, 1.165) is 0 Å². The Hall–Kier alpha value is -2.84. The largest absolute Gasteiger partial charge is 0.506 e. The molecule has 1 aliphatic heterocycles. The van der Waals surface area contributed by atoms with Gasteiger partial charge in [-0.05, 0) is 106 Å². The number of ether oxygens (including phenoxy) is 1. The molecule has 0 spiro atoms. The summed E-state index contributed by atoms with van der Waals surface area (Å²) >= 11 is 6.90. The maximum absolute atomic E-state index is 13.1. The molecule has 0 atom stereocenters. The summed E-state index contributed by atoms with van der Waals surface area (Å²) in [4.78, 5) is 25.4. The summed E-state index contributed by atoms with van der Waals surface area (Å²) in [5.41, 5.74) is 1.71. The molecule has 0 radical (unpaired) electrons. The molecule has 0 fully saturated rings. The average molecular weight is 576 g/mol. The van der Waals surface area contributed by atoms with Gasteiger partial charge in [0.1, 0.15) is 11.5 Å². The van der Waals surface area contributed by atoms with Crippen molar-refractivity contribution in [3.63, 3.8) is 0 Å². The number of aromatic hydroxyl groups is 2. The zero-order valence-corrected chi connectivity index (χ0v) is 21.4. The van der Waals surface area contributed by atoms with E-state index < -0.39 is 17.5 Å². The third-order valence-electron chi connectivity index (χ3n) is 6.38. The Labute approximate surface area is 207 Å². The van der Waals surface area contributed by atoms with Crippen LogP contribution in [-0.2, 0) is 10.3 Å². The van der Waals surface area contributed by atoms with Crippen molar-refractivity contribution in [1.29, 1.82) is 0 Å². The van der Waals surface area contributed by atoms with E-state index in [1.807, 2.05) is 0 Å². The predicted octanol–water partition coefficient (Wildman–Crippen LogP) is 6.02. The number of carboxylic acids is 1. The summed E-state index contributed by atoms with van der Waals surface area (Å²) in [5.74, 6) is -2.04. The number of halogens is 2. The van der Waals surface area contributed by atoms with Crippen LogP contribution in [-0.4, -0.2) is 27.3 Å². The number of hydrogen-bond donors (Lipinski definition) is 3. The zero-order valence-electron chi connectivity index (χ0n) is 18.2. The third-order valence-corrected chi connectivity index (χ3v) is 7.98. The molecule has 170 valence electrons. The van der Waals surface area contributed by atoms with Gasteiger partial charge in [-0.25, -0.2) is 9.59 Å². The molecular formula is C25H20Br2O6. The fourth-order valence-corrected chi connectivity index (χ4v) is 5.68. The van der Waals surface area contributed by atoms with Crippen molar-refractivity contribution in [3.05, 3.63) is 89.3 Å². The summed E-state index contributed by atoms with van der Waals surface area (Å²) in [6, 6.07) is 7.90. The maximum atomic E-state index is 13.1. The first-order valence-electron chi connectivity index (χ1n) is 10.0. The molecule has 0 amide bonds. The van der Waals surface area contributed by atoms with Gasteiger partial charge in [-0.1, -0.05) is 6.07 Å². The molecule has 1 heterocycles. The van der Waals surface area contributed by atoms with Crippen molar-refractivity contribution in [1.82, 2.24) is 0 Å². The molecule has 6 nitrogen and oxygen atoms in total. The average Bonchev–Trinajstić information content (AvgIpc) is 3.08. The number of aryl methyl sites for hydroxylation is 2. The van der Waals surface area contributed by atoms with E-state index in [1.54, 1.807) is 39.8 Å². The van der Waals surface area contributed by atoms with Crippen molar-refractivity contribution in [2.75, 3.05) is 0 Å². The van der Waals surface area contributed by atoms with Crippen LogP contribution in [0.1, 0.15) is 59.7 Å². The van der Waals surface area contributed by atoms with Crippen LogP contribution >= 0.6 is 31.9 Å². The second-order valence-electron chi connectivity index (χ2n) is 8.16. The predicted molar refractivity (Wildman–Crippen MR) is 129 cm³/mol. The van der Waals surface area contributed by atoms with E-state index in [9.17, 15) is 24.9 Å². The second-order valence-corrected chi connectivity index (χ2v) is 9.75. The summed E-state index contributed by atoms with van der Waals surface area (Å²) in [7, 11) is 0. The van der Waals surface area contributed by atoms with Gasteiger partial charge >= 0.3 is 11.9 Å². The summed E-state index contributed by atoms with van der Waals surface area (Å²) in [5, 5.41) is 31.7. The molecule has 33 heavy (non-hydrogen) atoms. The molecule has 3 N–H and O–H groups in total. The normalized spacial score (nSPS) is 14.2. The molecule has 0 aromatic heterocycles. The van der Waals surface area contributed by atoms with E-state index in [2.05, 4.69) is 31.9 Å². The lowest BCUT2D eigenvalue weighted by molar-refractivity contribution is 0.0240. The number of fused-ring (bicyclic) bond motifs is 1. The summed E-state index contributed by atoms with van der Waals surface area (Å²) in [6.07, 6.45) is 0. The van der Waals surface area contributed by atoms with E-state index in [0.29, 0.717) is 33.4 Å². The van der Waals surface area contributed by atoms with Gasteiger partial charge in [-0.2, -0.15) is 0 Å². The lowest BCUT2D eigenvalue weighted by atomic mass is 9.76. The molecule has 4 rings (SSSR count). The topological polar surface area (TPSA) is 104 Å². The Balaban J connectivity index is 2.29.